The fourth-order valence-electron chi connectivity index (χ4n) is 1.17. The lowest BCUT2D eigenvalue weighted by atomic mass is 10.1. The number of alkyl halides is 3. The molecule has 1 N–H and O–H groups in total. The van der Waals surface area contributed by atoms with Gasteiger partial charge in [0.1, 0.15) is 0 Å². The first-order valence-electron chi connectivity index (χ1n) is 4.36. The summed E-state index contributed by atoms with van der Waals surface area (Å²) >= 11 is 0.945. The summed E-state index contributed by atoms with van der Waals surface area (Å²) in [6.45, 7) is 0. The van der Waals surface area contributed by atoms with Gasteiger partial charge in [-0.2, -0.15) is 13.2 Å². The van der Waals surface area contributed by atoms with E-state index >= 15 is 0 Å². The van der Waals surface area contributed by atoms with Crippen molar-refractivity contribution in [3.05, 3.63) is 35.4 Å². The van der Waals surface area contributed by atoms with Crippen molar-refractivity contribution in [1.82, 2.24) is 0 Å². The Bertz CT molecular complexity index is 377. The van der Waals surface area contributed by atoms with Crippen molar-refractivity contribution in [3.8, 4) is 0 Å². The van der Waals surface area contributed by atoms with Crippen LogP contribution in [0.25, 0.3) is 0 Å². The van der Waals surface area contributed by atoms with Gasteiger partial charge in [-0.1, -0.05) is 18.2 Å². The second-order valence-electron chi connectivity index (χ2n) is 3.04. The lowest BCUT2D eigenvalue weighted by molar-refractivity contribution is -0.138. The third kappa shape index (κ3) is 3.77. The molecule has 16 heavy (non-hydrogen) atoms. The molecule has 0 heterocycles. The number of carboxylic acids is 1. The highest BCUT2D eigenvalue weighted by molar-refractivity contribution is 7.99. The van der Waals surface area contributed by atoms with E-state index in [9.17, 15) is 18.0 Å². The molecule has 1 aromatic carbocycles. The SMILES string of the molecule is O=C(O)CSCc1ccccc1C(F)(F)F. The standard InChI is InChI=1S/C10H9F3O2S/c11-10(12,13)8-4-2-1-3-7(8)5-16-6-9(14)15/h1-4H,5-6H2,(H,14,15). The number of carbonyl (C=O) groups is 1. The fraction of sp³-hybridized carbons (Fsp3) is 0.300. The van der Waals surface area contributed by atoms with Crippen LogP contribution in [0.3, 0.4) is 0 Å². The van der Waals surface area contributed by atoms with Crippen LogP contribution >= 0.6 is 11.8 Å². The Hall–Kier alpha value is -1.17. The average Bonchev–Trinajstić information content (AvgIpc) is 2.16. The van der Waals surface area contributed by atoms with Crippen molar-refractivity contribution >= 4 is 17.7 Å². The quantitative estimate of drug-likeness (QED) is 0.892. The Morgan fingerprint density at radius 3 is 2.50 bits per heavy atom. The van der Waals surface area contributed by atoms with Gasteiger partial charge in [0.2, 0.25) is 0 Å². The maximum Gasteiger partial charge on any atom is 0.416 e. The van der Waals surface area contributed by atoms with Gasteiger partial charge < -0.3 is 5.11 Å². The minimum atomic E-state index is -4.39. The van der Waals surface area contributed by atoms with E-state index in [0.717, 1.165) is 17.8 Å². The number of halogens is 3. The van der Waals surface area contributed by atoms with Crippen molar-refractivity contribution in [2.24, 2.45) is 0 Å². The van der Waals surface area contributed by atoms with Gasteiger partial charge in [0.25, 0.3) is 0 Å². The number of hydrogen-bond acceptors (Lipinski definition) is 2. The van der Waals surface area contributed by atoms with Crippen molar-refractivity contribution in [2.45, 2.75) is 11.9 Å². The Balaban J connectivity index is 2.76. The van der Waals surface area contributed by atoms with E-state index < -0.39 is 17.7 Å². The largest absolute Gasteiger partial charge is 0.481 e. The molecule has 0 unspecified atom stereocenters. The third-order valence-corrected chi connectivity index (χ3v) is 2.77. The molecule has 0 aliphatic carbocycles. The highest BCUT2D eigenvalue weighted by atomic mass is 32.2. The van der Waals surface area contributed by atoms with Crippen LogP contribution in [0.5, 0.6) is 0 Å². The van der Waals surface area contributed by atoms with Gasteiger partial charge in [0, 0.05) is 5.75 Å². The van der Waals surface area contributed by atoms with Crippen molar-refractivity contribution < 1.29 is 23.1 Å². The number of hydrogen-bond donors (Lipinski definition) is 1. The minimum absolute atomic E-state index is 0.0436. The summed E-state index contributed by atoms with van der Waals surface area (Å²) in [4.78, 5) is 10.2. The summed E-state index contributed by atoms with van der Waals surface area (Å²) in [5.41, 5.74) is -0.589. The number of aliphatic carboxylic acids is 1. The number of rotatable bonds is 4. The first kappa shape index (κ1) is 12.9. The average molecular weight is 250 g/mol. The summed E-state index contributed by atoms with van der Waals surface area (Å²) in [5.74, 6) is -1.19. The normalized spacial score (nSPS) is 11.4. The van der Waals surface area contributed by atoms with Crippen LogP contribution < -0.4 is 0 Å². The monoisotopic (exact) mass is 250 g/mol. The van der Waals surface area contributed by atoms with E-state index in [-0.39, 0.29) is 17.1 Å². The molecular formula is C10H9F3O2S. The summed E-state index contributed by atoms with van der Waals surface area (Å²) in [5, 5.41) is 8.38. The van der Waals surface area contributed by atoms with Gasteiger partial charge in [-0.05, 0) is 11.6 Å². The maximum atomic E-state index is 12.5. The second-order valence-corrected chi connectivity index (χ2v) is 4.03. The lowest BCUT2D eigenvalue weighted by Gasteiger charge is -2.11. The first-order chi connectivity index (χ1) is 7.41. The summed E-state index contributed by atoms with van der Waals surface area (Å²) in [6.07, 6.45) is -4.39. The summed E-state index contributed by atoms with van der Waals surface area (Å²) in [7, 11) is 0. The minimum Gasteiger partial charge on any atom is -0.481 e. The first-order valence-corrected chi connectivity index (χ1v) is 5.51. The Kier molecular flexibility index (Phi) is 4.23. The highest BCUT2D eigenvalue weighted by Crippen LogP contribution is 2.33. The smallest absolute Gasteiger partial charge is 0.416 e. The number of carboxylic acid groups (broad SMARTS) is 1. The van der Waals surface area contributed by atoms with E-state index in [1.54, 1.807) is 0 Å². The van der Waals surface area contributed by atoms with Crippen LogP contribution in [0.1, 0.15) is 11.1 Å². The van der Waals surface area contributed by atoms with E-state index in [4.69, 9.17) is 5.11 Å². The maximum absolute atomic E-state index is 12.5. The molecule has 0 aromatic heterocycles. The number of benzene rings is 1. The molecule has 0 amide bonds. The van der Waals surface area contributed by atoms with Crippen molar-refractivity contribution in [2.75, 3.05) is 5.75 Å². The predicted molar refractivity (Wildman–Crippen MR) is 55.2 cm³/mol. The lowest BCUT2D eigenvalue weighted by Crippen LogP contribution is -2.08. The molecule has 0 atom stereocenters. The predicted octanol–water partition coefficient (Wildman–Crippen LogP) is 3.02. The molecule has 0 aliphatic heterocycles. The molecule has 0 saturated heterocycles. The van der Waals surface area contributed by atoms with E-state index in [0.29, 0.717) is 0 Å². The van der Waals surface area contributed by atoms with Crippen LogP contribution in [-0.2, 0) is 16.7 Å². The molecule has 6 heteroatoms. The molecule has 0 spiro atoms. The van der Waals surface area contributed by atoms with Gasteiger partial charge >= 0.3 is 12.1 Å². The van der Waals surface area contributed by atoms with Crippen LogP contribution in [0, 0.1) is 0 Å². The van der Waals surface area contributed by atoms with Gasteiger partial charge in [0.15, 0.2) is 0 Å². The highest BCUT2D eigenvalue weighted by Gasteiger charge is 2.32. The third-order valence-electron chi connectivity index (χ3n) is 1.81. The zero-order valence-electron chi connectivity index (χ0n) is 8.12. The van der Waals surface area contributed by atoms with E-state index in [2.05, 4.69) is 0 Å². The molecule has 0 fully saturated rings. The van der Waals surface area contributed by atoms with Gasteiger partial charge in [-0.25, -0.2) is 0 Å². The molecule has 0 aliphatic rings. The zero-order valence-corrected chi connectivity index (χ0v) is 8.94. The molecule has 0 saturated carbocycles. The van der Waals surface area contributed by atoms with Crippen LogP contribution in [0.4, 0.5) is 13.2 Å². The van der Waals surface area contributed by atoms with E-state index in [1.165, 1.54) is 18.2 Å². The van der Waals surface area contributed by atoms with Crippen LogP contribution in [-0.4, -0.2) is 16.8 Å². The molecule has 1 aromatic rings. The second kappa shape index (κ2) is 5.25. The summed E-state index contributed by atoms with van der Waals surface area (Å²) < 4.78 is 37.5. The zero-order chi connectivity index (χ0) is 12.2. The Morgan fingerprint density at radius 1 is 1.31 bits per heavy atom. The number of thioether (sulfide) groups is 1. The molecule has 88 valence electrons. The Labute approximate surface area is 94.5 Å². The van der Waals surface area contributed by atoms with Crippen molar-refractivity contribution in [3.63, 3.8) is 0 Å². The summed E-state index contributed by atoms with van der Waals surface area (Å²) in [6, 6.07) is 5.18. The molecule has 0 bridgehead atoms. The molecule has 2 nitrogen and oxygen atoms in total. The molecule has 1 rings (SSSR count). The Morgan fingerprint density at radius 2 is 1.94 bits per heavy atom. The van der Waals surface area contributed by atoms with Gasteiger partial charge in [-0.3, -0.25) is 4.79 Å². The van der Waals surface area contributed by atoms with Crippen LogP contribution in [0.15, 0.2) is 24.3 Å². The van der Waals surface area contributed by atoms with Crippen molar-refractivity contribution in [1.29, 1.82) is 0 Å². The molecular weight excluding hydrogens is 241 g/mol. The van der Waals surface area contributed by atoms with Gasteiger partial charge in [0.05, 0.1) is 11.3 Å². The van der Waals surface area contributed by atoms with E-state index in [1.807, 2.05) is 0 Å². The fourth-order valence-corrected chi connectivity index (χ4v) is 1.92. The van der Waals surface area contributed by atoms with Gasteiger partial charge in [-0.15, -0.1) is 11.8 Å². The van der Waals surface area contributed by atoms with Crippen LogP contribution in [0.2, 0.25) is 0 Å². The molecule has 0 radical (unpaired) electrons. The topological polar surface area (TPSA) is 37.3 Å².